The van der Waals surface area contributed by atoms with Crippen LogP contribution >= 0.6 is 0 Å². The SMILES string of the molecule is Cn1c(C=Nc2ccccc2)c(O)c2ccccc21. The van der Waals surface area contributed by atoms with Crippen molar-refractivity contribution in [1.82, 2.24) is 4.57 Å². The van der Waals surface area contributed by atoms with Crippen molar-refractivity contribution in [3.05, 3.63) is 60.3 Å². The minimum atomic E-state index is 0.276. The van der Waals surface area contributed by atoms with Crippen LogP contribution in [0.1, 0.15) is 5.69 Å². The van der Waals surface area contributed by atoms with Gasteiger partial charge in [0.1, 0.15) is 11.4 Å². The first-order valence-electron chi connectivity index (χ1n) is 6.13. The maximum absolute atomic E-state index is 10.2. The molecule has 0 radical (unpaired) electrons. The molecule has 0 saturated carbocycles. The van der Waals surface area contributed by atoms with Gasteiger partial charge in [0.15, 0.2) is 0 Å². The van der Waals surface area contributed by atoms with Crippen LogP contribution in [0.4, 0.5) is 5.69 Å². The Balaban J connectivity index is 2.09. The van der Waals surface area contributed by atoms with Crippen LogP contribution in [0.5, 0.6) is 5.75 Å². The summed E-state index contributed by atoms with van der Waals surface area (Å²) >= 11 is 0. The van der Waals surface area contributed by atoms with Gasteiger partial charge in [-0.25, -0.2) is 0 Å². The van der Waals surface area contributed by atoms with Gasteiger partial charge in [0.2, 0.25) is 0 Å². The van der Waals surface area contributed by atoms with Gasteiger partial charge in [-0.3, -0.25) is 4.99 Å². The number of hydrogen-bond donors (Lipinski definition) is 1. The molecule has 3 nitrogen and oxygen atoms in total. The Morgan fingerprint density at radius 3 is 2.42 bits per heavy atom. The molecule has 1 aromatic heterocycles. The third-order valence-corrected chi connectivity index (χ3v) is 3.22. The fraction of sp³-hybridized carbons (Fsp3) is 0.0625. The van der Waals surface area contributed by atoms with Gasteiger partial charge >= 0.3 is 0 Å². The zero-order valence-corrected chi connectivity index (χ0v) is 10.6. The third-order valence-electron chi connectivity index (χ3n) is 3.22. The van der Waals surface area contributed by atoms with Crippen molar-refractivity contribution in [2.75, 3.05) is 0 Å². The van der Waals surface area contributed by atoms with E-state index < -0.39 is 0 Å². The lowest BCUT2D eigenvalue weighted by atomic mass is 10.2. The van der Waals surface area contributed by atoms with Gasteiger partial charge in [0, 0.05) is 12.4 Å². The zero-order valence-electron chi connectivity index (χ0n) is 10.6. The Bertz CT molecular complexity index is 703. The molecule has 1 heterocycles. The summed E-state index contributed by atoms with van der Waals surface area (Å²) < 4.78 is 1.94. The lowest BCUT2D eigenvalue weighted by molar-refractivity contribution is 0.478. The predicted octanol–water partition coefficient (Wildman–Crippen LogP) is 3.63. The number of hydrogen-bond acceptors (Lipinski definition) is 2. The highest BCUT2D eigenvalue weighted by molar-refractivity contribution is 5.97. The lowest BCUT2D eigenvalue weighted by Crippen LogP contribution is -1.94. The standard InChI is InChI=1S/C16H14N2O/c1-18-14-10-6-5-9-13(14)16(19)15(18)11-17-12-7-3-2-4-8-12/h2-11,19H,1H3. The van der Waals surface area contributed by atoms with Gasteiger partial charge in [-0.15, -0.1) is 0 Å². The van der Waals surface area contributed by atoms with Gasteiger partial charge in [0.25, 0.3) is 0 Å². The molecule has 0 bridgehead atoms. The second-order valence-electron chi connectivity index (χ2n) is 4.40. The summed E-state index contributed by atoms with van der Waals surface area (Å²) in [6.45, 7) is 0. The number of aliphatic imine (C=N–C) groups is 1. The maximum atomic E-state index is 10.2. The molecule has 3 heteroatoms. The molecule has 0 aliphatic rings. The average molecular weight is 250 g/mol. The van der Waals surface area contributed by atoms with Crippen molar-refractivity contribution in [2.45, 2.75) is 0 Å². The van der Waals surface area contributed by atoms with Crippen molar-refractivity contribution in [3.8, 4) is 5.75 Å². The summed E-state index contributed by atoms with van der Waals surface area (Å²) in [5.74, 6) is 0.276. The number of aryl methyl sites for hydroxylation is 1. The monoisotopic (exact) mass is 250 g/mol. The van der Waals surface area contributed by atoms with E-state index in [1.807, 2.05) is 66.2 Å². The van der Waals surface area contributed by atoms with E-state index in [4.69, 9.17) is 0 Å². The first-order valence-corrected chi connectivity index (χ1v) is 6.13. The Labute approximate surface area is 111 Å². The van der Waals surface area contributed by atoms with Crippen LogP contribution in [-0.2, 0) is 7.05 Å². The highest BCUT2D eigenvalue weighted by atomic mass is 16.3. The van der Waals surface area contributed by atoms with E-state index in [0.717, 1.165) is 16.6 Å². The molecule has 0 unspecified atom stereocenters. The molecule has 19 heavy (non-hydrogen) atoms. The molecule has 0 aliphatic heterocycles. The molecule has 2 aromatic carbocycles. The van der Waals surface area contributed by atoms with E-state index in [1.54, 1.807) is 6.21 Å². The van der Waals surface area contributed by atoms with Crippen molar-refractivity contribution < 1.29 is 5.11 Å². The van der Waals surface area contributed by atoms with Gasteiger partial charge < -0.3 is 9.67 Å². The molecular weight excluding hydrogens is 236 g/mol. The van der Waals surface area contributed by atoms with Crippen LogP contribution in [0.25, 0.3) is 10.9 Å². The highest BCUT2D eigenvalue weighted by Crippen LogP contribution is 2.30. The summed E-state index contributed by atoms with van der Waals surface area (Å²) in [7, 11) is 1.92. The number of fused-ring (bicyclic) bond motifs is 1. The van der Waals surface area contributed by atoms with Gasteiger partial charge in [0.05, 0.1) is 17.4 Å². The van der Waals surface area contributed by atoms with Crippen LogP contribution in [-0.4, -0.2) is 15.9 Å². The van der Waals surface area contributed by atoms with Crippen molar-refractivity contribution in [3.63, 3.8) is 0 Å². The van der Waals surface area contributed by atoms with E-state index in [0.29, 0.717) is 5.69 Å². The van der Waals surface area contributed by atoms with Gasteiger partial charge in [-0.05, 0) is 24.3 Å². The van der Waals surface area contributed by atoms with E-state index in [-0.39, 0.29) is 5.75 Å². The Morgan fingerprint density at radius 2 is 1.68 bits per heavy atom. The molecule has 3 rings (SSSR count). The normalized spacial score (nSPS) is 11.4. The van der Waals surface area contributed by atoms with Crippen LogP contribution < -0.4 is 0 Å². The molecule has 94 valence electrons. The Kier molecular flexibility index (Phi) is 2.80. The number of para-hydroxylation sites is 2. The largest absolute Gasteiger partial charge is 0.505 e. The van der Waals surface area contributed by atoms with Crippen LogP contribution in [0, 0.1) is 0 Å². The Hall–Kier alpha value is -2.55. The molecule has 3 aromatic rings. The molecular formula is C16H14N2O. The van der Waals surface area contributed by atoms with Crippen molar-refractivity contribution in [1.29, 1.82) is 0 Å². The zero-order chi connectivity index (χ0) is 13.2. The second-order valence-corrected chi connectivity index (χ2v) is 4.40. The highest BCUT2D eigenvalue weighted by Gasteiger charge is 2.11. The summed E-state index contributed by atoms with van der Waals surface area (Å²) in [5.41, 5.74) is 2.58. The van der Waals surface area contributed by atoms with E-state index in [2.05, 4.69) is 4.99 Å². The lowest BCUT2D eigenvalue weighted by Gasteiger charge is -1.98. The maximum Gasteiger partial charge on any atom is 0.150 e. The number of nitrogens with zero attached hydrogens (tertiary/aromatic N) is 2. The molecule has 0 fully saturated rings. The fourth-order valence-electron chi connectivity index (χ4n) is 2.19. The van der Waals surface area contributed by atoms with E-state index in [9.17, 15) is 5.11 Å². The predicted molar refractivity (Wildman–Crippen MR) is 78.3 cm³/mol. The molecule has 0 aliphatic carbocycles. The first-order chi connectivity index (χ1) is 9.27. The molecule has 0 atom stereocenters. The molecule has 0 amide bonds. The summed E-state index contributed by atoms with van der Waals surface area (Å²) in [5, 5.41) is 11.1. The number of rotatable bonds is 2. The summed E-state index contributed by atoms with van der Waals surface area (Å²) in [6.07, 6.45) is 1.70. The van der Waals surface area contributed by atoms with Crippen molar-refractivity contribution >= 4 is 22.8 Å². The third kappa shape index (κ3) is 1.99. The van der Waals surface area contributed by atoms with Crippen LogP contribution in [0.2, 0.25) is 0 Å². The minimum Gasteiger partial charge on any atom is -0.505 e. The van der Waals surface area contributed by atoms with Crippen LogP contribution in [0.15, 0.2) is 59.6 Å². The molecule has 0 spiro atoms. The smallest absolute Gasteiger partial charge is 0.150 e. The average Bonchev–Trinajstić information content (AvgIpc) is 2.71. The number of aromatic nitrogens is 1. The van der Waals surface area contributed by atoms with E-state index >= 15 is 0 Å². The van der Waals surface area contributed by atoms with Gasteiger partial charge in [-0.2, -0.15) is 0 Å². The topological polar surface area (TPSA) is 37.5 Å². The minimum absolute atomic E-state index is 0.276. The number of benzene rings is 2. The molecule has 1 N–H and O–H groups in total. The first kappa shape index (κ1) is 11.5. The number of aromatic hydroxyl groups is 1. The quantitative estimate of drug-likeness (QED) is 0.693. The summed E-state index contributed by atoms with van der Waals surface area (Å²) in [4.78, 5) is 4.39. The summed E-state index contributed by atoms with van der Waals surface area (Å²) in [6, 6.07) is 17.4. The van der Waals surface area contributed by atoms with Crippen LogP contribution in [0.3, 0.4) is 0 Å². The second kappa shape index (κ2) is 4.61. The molecule has 0 saturated heterocycles. The van der Waals surface area contributed by atoms with Gasteiger partial charge in [-0.1, -0.05) is 30.3 Å². The van der Waals surface area contributed by atoms with Crippen molar-refractivity contribution in [2.24, 2.45) is 12.0 Å². The Morgan fingerprint density at radius 1 is 1.00 bits per heavy atom. The van der Waals surface area contributed by atoms with E-state index in [1.165, 1.54) is 0 Å². The fourth-order valence-corrected chi connectivity index (χ4v) is 2.19.